The third kappa shape index (κ3) is 4.15. The van der Waals surface area contributed by atoms with Crippen LogP contribution in [0.1, 0.15) is 26.1 Å². The van der Waals surface area contributed by atoms with Crippen LogP contribution in [-0.4, -0.2) is 27.1 Å². The van der Waals surface area contributed by atoms with E-state index >= 15 is 0 Å². The lowest BCUT2D eigenvalue weighted by atomic mass is 10.2. The second kappa shape index (κ2) is 7.70. The zero-order valence-electron chi connectivity index (χ0n) is 10.1. The van der Waals surface area contributed by atoms with Crippen LogP contribution in [0.25, 0.3) is 0 Å². The van der Waals surface area contributed by atoms with E-state index in [2.05, 4.69) is 28.8 Å². The first-order valence-electron chi connectivity index (χ1n) is 5.85. The standard InChI is InChI=1S/C11H22N4S/c1-3-7-16-9-10(14-12)8-11-13-5-6-15(11)4-2/h5-6,10,14H,3-4,7-9,12H2,1-2H3. The Bertz CT molecular complexity index is 287. The first-order valence-corrected chi connectivity index (χ1v) is 7.01. The van der Waals surface area contributed by atoms with Gasteiger partial charge in [0.25, 0.3) is 0 Å². The van der Waals surface area contributed by atoms with Gasteiger partial charge in [-0.25, -0.2) is 4.98 Å². The van der Waals surface area contributed by atoms with Crippen LogP contribution in [0, 0.1) is 0 Å². The normalized spacial score (nSPS) is 12.9. The van der Waals surface area contributed by atoms with Crippen LogP contribution >= 0.6 is 11.8 Å². The molecule has 0 radical (unpaired) electrons. The minimum absolute atomic E-state index is 0.309. The van der Waals surface area contributed by atoms with Crippen molar-refractivity contribution in [2.75, 3.05) is 11.5 Å². The molecule has 1 unspecified atom stereocenters. The minimum Gasteiger partial charge on any atom is -0.335 e. The van der Waals surface area contributed by atoms with Crippen molar-refractivity contribution in [3.63, 3.8) is 0 Å². The van der Waals surface area contributed by atoms with Crippen molar-refractivity contribution in [2.24, 2.45) is 5.84 Å². The summed E-state index contributed by atoms with van der Waals surface area (Å²) in [6, 6.07) is 0.309. The summed E-state index contributed by atoms with van der Waals surface area (Å²) >= 11 is 1.94. The molecular formula is C11H22N4S. The molecule has 0 spiro atoms. The molecule has 0 aliphatic rings. The van der Waals surface area contributed by atoms with Gasteiger partial charge < -0.3 is 4.57 Å². The number of rotatable bonds is 8. The van der Waals surface area contributed by atoms with Crippen LogP contribution in [-0.2, 0) is 13.0 Å². The van der Waals surface area contributed by atoms with Crippen molar-refractivity contribution >= 4 is 11.8 Å². The molecule has 0 aromatic carbocycles. The number of aromatic nitrogens is 2. The van der Waals surface area contributed by atoms with Crippen LogP contribution in [0.5, 0.6) is 0 Å². The highest BCUT2D eigenvalue weighted by molar-refractivity contribution is 7.99. The molecule has 5 heteroatoms. The van der Waals surface area contributed by atoms with Crippen LogP contribution in [0.15, 0.2) is 12.4 Å². The minimum atomic E-state index is 0.309. The Hall–Kier alpha value is -0.520. The Morgan fingerprint density at radius 3 is 3.00 bits per heavy atom. The lowest BCUT2D eigenvalue weighted by Gasteiger charge is -2.15. The van der Waals surface area contributed by atoms with E-state index in [4.69, 9.17) is 5.84 Å². The molecule has 0 bridgehead atoms. The van der Waals surface area contributed by atoms with E-state index in [-0.39, 0.29) is 0 Å². The molecule has 0 saturated carbocycles. The molecular weight excluding hydrogens is 220 g/mol. The third-order valence-electron chi connectivity index (χ3n) is 2.47. The summed E-state index contributed by atoms with van der Waals surface area (Å²) in [6.45, 7) is 5.29. The SMILES string of the molecule is CCCSCC(Cc1nccn1CC)NN. The number of aryl methyl sites for hydroxylation is 1. The smallest absolute Gasteiger partial charge is 0.110 e. The third-order valence-corrected chi connectivity index (χ3v) is 3.81. The molecule has 1 heterocycles. The topological polar surface area (TPSA) is 55.9 Å². The lowest BCUT2D eigenvalue weighted by molar-refractivity contribution is 0.543. The summed E-state index contributed by atoms with van der Waals surface area (Å²) < 4.78 is 2.16. The number of imidazole rings is 1. The second-order valence-corrected chi connectivity index (χ2v) is 4.92. The van der Waals surface area contributed by atoms with Gasteiger partial charge in [-0.2, -0.15) is 11.8 Å². The van der Waals surface area contributed by atoms with Gasteiger partial charge in [0.15, 0.2) is 0 Å². The molecule has 0 fully saturated rings. The van der Waals surface area contributed by atoms with E-state index in [1.165, 1.54) is 12.2 Å². The number of nitrogens with two attached hydrogens (primary N) is 1. The first-order chi connectivity index (χ1) is 7.81. The van der Waals surface area contributed by atoms with E-state index in [9.17, 15) is 0 Å². The Labute approximate surface area is 102 Å². The maximum absolute atomic E-state index is 5.56. The zero-order valence-corrected chi connectivity index (χ0v) is 11.0. The monoisotopic (exact) mass is 242 g/mol. The van der Waals surface area contributed by atoms with Gasteiger partial charge in [0, 0.05) is 37.2 Å². The van der Waals surface area contributed by atoms with Gasteiger partial charge in [0.2, 0.25) is 0 Å². The predicted octanol–water partition coefficient (Wildman–Crippen LogP) is 1.42. The Morgan fingerprint density at radius 1 is 1.56 bits per heavy atom. The molecule has 16 heavy (non-hydrogen) atoms. The zero-order chi connectivity index (χ0) is 11.8. The van der Waals surface area contributed by atoms with Gasteiger partial charge >= 0.3 is 0 Å². The summed E-state index contributed by atoms with van der Waals surface area (Å²) in [5.41, 5.74) is 2.88. The fourth-order valence-corrected chi connectivity index (χ4v) is 2.53. The Morgan fingerprint density at radius 2 is 2.38 bits per heavy atom. The van der Waals surface area contributed by atoms with Gasteiger partial charge in [-0.05, 0) is 19.1 Å². The number of nitrogens with one attached hydrogen (secondary N) is 1. The number of hydrazine groups is 1. The number of nitrogens with zero attached hydrogens (tertiary/aromatic N) is 2. The van der Waals surface area contributed by atoms with E-state index in [0.717, 1.165) is 24.5 Å². The maximum atomic E-state index is 5.56. The highest BCUT2D eigenvalue weighted by atomic mass is 32.2. The summed E-state index contributed by atoms with van der Waals surface area (Å²) in [4.78, 5) is 4.36. The van der Waals surface area contributed by atoms with E-state index < -0.39 is 0 Å². The molecule has 0 amide bonds. The highest BCUT2D eigenvalue weighted by Gasteiger charge is 2.11. The van der Waals surface area contributed by atoms with Crippen molar-refractivity contribution in [3.8, 4) is 0 Å². The van der Waals surface area contributed by atoms with Crippen molar-refractivity contribution in [2.45, 2.75) is 39.3 Å². The van der Waals surface area contributed by atoms with Crippen molar-refractivity contribution < 1.29 is 0 Å². The largest absolute Gasteiger partial charge is 0.335 e. The van der Waals surface area contributed by atoms with Crippen LogP contribution < -0.4 is 11.3 Å². The predicted molar refractivity (Wildman–Crippen MR) is 70.3 cm³/mol. The van der Waals surface area contributed by atoms with Crippen LogP contribution in [0.4, 0.5) is 0 Å². The van der Waals surface area contributed by atoms with Crippen LogP contribution in [0.3, 0.4) is 0 Å². The van der Waals surface area contributed by atoms with Crippen molar-refractivity contribution in [1.82, 2.24) is 15.0 Å². The number of thioether (sulfide) groups is 1. The van der Waals surface area contributed by atoms with Crippen LogP contribution in [0.2, 0.25) is 0 Å². The van der Waals surface area contributed by atoms with Crippen molar-refractivity contribution in [1.29, 1.82) is 0 Å². The average Bonchev–Trinajstić information content (AvgIpc) is 2.75. The second-order valence-electron chi connectivity index (χ2n) is 3.77. The van der Waals surface area contributed by atoms with E-state index in [1.54, 1.807) is 0 Å². The first kappa shape index (κ1) is 13.5. The molecule has 4 nitrogen and oxygen atoms in total. The molecule has 92 valence electrons. The molecule has 1 rings (SSSR count). The van der Waals surface area contributed by atoms with Gasteiger partial charge in [0.1, 0.15) is 5.82 Å². The van der Waals surface area contributed by atoms with Gasteiger partial charge in [-0.3, -0.25) is 11.3 Å². The molecule has 3 N–H and O–H groups in total. The number of hydrogen-bond acceptors (Lipinski definition) is 4. The quantitative estimate of drug-likeness (QED) is 0.411. The maximum Gasteiger partial charge on any atom is 0.110 e. The van der Waals surface area contributed by atoms with E-state index in [1.807, 2.05) is 24.2 Å². The van der Waals surface area contributed by atoms with Gasteiger partial charge in [-0.15, -0.1) is 0 Å². The molecule has 0 aliphatic carbocycles. The van der Waals surface area contributed by atoms with Crippen molar-refractivity contribution in [3.05, 3.63) is 18.2 Å². The number of hydrogen-bond donors (Lipinski definition) is 2. The summed E-state index contributed by atoms with van der Waals surface area (Å²) in [5.74, 6) is 8.91. The summed E-state index contributed by atoms with van der Waals surface area (Å²) in [5, 5.41) is 0. The molecule has 1 atom stereocenters. The molecule has 0 saturated heterocycles. The fourth-order valence-electron chi connectivity index (χ4n) is 1.57. The molecule has 1 aromatic rings. The Balaban J connectivity index is 2.43. The molecule has 1 aromatic heterocycles. The van der Waals surface area contributed by atoms with E-state index in [0.29, 0.717) is 6.04 Å². The lowest BCUT2D eigenvalue weighted by Crippen LogP contribution is -2.39. The Kier molecular flexibility index (Phi) is 6.52. The fraction of sp³-hybridized carbons (Fsp3) is 0.727. The summed E-state index contributed by atoms with van der Waals surface area (Å²) in [7, 11) is 0. The average molecular weight is 242 g/mol. The highest BCUT2D eigenvalue weighted by Crippen LogP contribution is 2.08. The molecule has 0 aliphatic heterocycles. The van der Waals surface area contributed by atoms with Gasteiger partial charge in [-0.1, -0.05) is 6.92 Å². The summed E-state index contributed by atoms with van der Waals surface area (Å²) in [6.07, 6.45) is 5.98. The van der Waals surface area contributed by atoms with Gasteiger partial charge in [0.05, 0.1) is 0 Å².